The number of rotatable bonds is 13. The van der Waals surface area contributed by atoms with Crippen LogP contribution in [0.5, 0.6) is 0 Å². The monoisotopic (exact) mass is 644 g/mol. The van der Waals surface area contributed by atoms with Crippen LogP contribution in [0.3, 0.4) is 0 Å². The van der Waals surface area contributed by atoms with E-state index in [9.17, 15) is 10.2 Å². The van der Waals surface area contributed by atoms with Gasteiger partial charge in [0, 0.05) is 0 Å². The number of hydrogen-bond donors (Lipinski definition) is 0. The molecule has 0 saturated carbocycles. The Morgan fingerprint density at radius 1 is 0.458 bits per heavy atom. The smallest absolute Gasteiger partial charge is 0.0787 e. The lowest BCUT2D eigenvalue weighted by Crippen LogP contribution is -2.54. The molecule has 4 nitrogen and oxygen atoms in total. The Hall–Kier alpha value is -3.28. The van der Waals surface area contributed by atoms with E-state index >= 15 is 0 Å². The van der Waals surface area contributed by atoms with Gasteiger partial charge in [-0.2, -0.15) is 0 Å². The quantitative estimate of drug-likeness (QED) is 0.149. The number of likely N-dealkylation sites (tertiary alicyclic amines) is 2. The fourth-order valence-corrected chi connectivity index (χ4v) is 8.97. The summed E-state index contributed by atoms with van der Waals surface area (Å²) in [4.78, 5) is 0. The number of nitrogens with zero attached hydrogens (tertiary/aromatic N) is 2. The molecule has 0 spiro atoms. The first kappa shape index (κ1) is 34.6. The second kappa shape index (κ2) is 15.1. The maximum absolute atomic E-state index is 14.4. The fraction of sp³-hybridized carbons (Fsp3) is 0.455. The van der Waals surface area contributed by atoms with Crippen molar-refractivity contribution in [2.75, 3.05) is 53.4 Å². The van der Waals surface area contributed by atoms with E-state index in [1.54, 1.807) is 0 Å². The molecular weight excluding hydrogens is 588 g/mol. The minimum Gasteiger partial charge on any atom is -0.843 e. The molecule has 4 aromatic carbocycles. The van der Waals surface area contributed by atoms with E-state index in [-0.39, 0.29) is 0 Å². The van der Waals surface area contributed by atoms with Gasteiger partial charge in [-0.25, -0.2) is 0 Å². The molecule has 0 N–H and O–H groups in total. The van der Waals surface area contributed by atoms with Gasteiger partial charge in [-0.15, -0.1) is 0 Å². The second-order valence-corrected chi connectivity index (χ2v) is 15.6. The largest absolute Gasteiger partial charge is 0.843 e. The van der Waals surface area contributed by atoms with Gasteiger partial charge in [0.2, 0.25) is 0 Å². The summed E-state index contributed by atoms with van der Waals surface area (Å²) in [5.41, 5.74) is 1.09. The first-order chi connectivity index (χ1) is 23.2. The summed E-state index contributed by atoms with van der Waals surface area (Å²) < 4.78 is 2.19. The third-order valence-corrected chi connectivity index (χ3v) is 12.2. The molecular formula is C44H56N2O2. The predicted octanol–water partition coefficient (Wildman–Crippen LogP) is 6.87. The molecule has 0 bridgehead atoms. The summed E-state index contributed by atoms with van der Waals surface area (Å²) in [6.45, 7) is 7.04. The van der Waals surface area contributed by atoms with Crippen molar-refractivity contribution in [2.45, 2.75) is 62.6 Å². The third kappa shape index (κ3) is 7.95. The maximum atomic E-state index is 14.4. The number of quaternary nitrogens is 2. The lowest BCUT2D eigenvalue weighted by atomic mass is 9.77. The molecule has 0 unspecified atom stereocenters. The molecule has 2 heterocycles. The van der Waals surface area contributed by atoms with Crippen LogP contribution < -0.4 is 10.2 Å². The van der Waals surface area contributed by atoms with Crippen molar-refractivity contribution in [3.8, 4) is 0 Å². The zero-order valence-corrected chi connectivity index (χ0v) is 29.3. The van der Waals surface area contributed by atoms with E-state index in [2.05, 4.69) is 14.1 Å². The van der Waals surface area contributed by atoms with Crippen LogP contribution in [0.15, 0.2) is 121 Å². The molecule has 0 aliphatic carbocycles. The van der Waals surface area contributed by atoms with Crippen molar-refractivity contribution < 1.29 is 19.2 Å². The van der Waals surface area contributed by atoms with Gasteiger partial charge in [-0.3, -0.25) is 0 Å². The molecule has 0 radical (unpaired) electrons. The van der Waals surface area contributed by atoms with Crippen LogP contribution in [0.25, 0.3) is 0 Å². The Morgan fingerprint density at radius 2 is 0.708 bits per heavy atom. The van der Waals surface area contributed by atoms with E-state index in [1.807, 2.05) is 121 Å². The van der Waals surface area contributed by atoms with Crippen molar-refractivity contribution in [3.05, 3.63) is 144 Å². The van der Waals surface area contributed by atoms with Gasteiger partial charge in [-0.1, -0.05) is 155 Å². The van der Waals surface area contributed by atoms with Crippen molar-refractivity contribution in [1.82, 2.24) is 0 Å². The molecule has 254 valence electrons. The van der Waals surface area contributed by atoms with Gasteiger partial charge in [0.1, 0.15) is 0 Å². The first-order valence-electron chi connectivity index (χ1n) is 18.5. The summed E-state index contributed by atoms with van der Waals surface area (Å²) in [7, 11) is 4.84. The standard InChI is InChI=1S/C44H56N2O2/c1-45(31-15-29-43(47,39-17-7-3-8-18-39)40-19-9-4-10-20-40)33-25-37(26-34-45)38-27-35-46(2,36-28-38)32-16-30-44(48,41-21-11-5-12-22-41)42-23-13-6-14-24-42/h3-14,17-24,37-38H,15-16,25-36H2,1-2H3. The Kier molecular flexibility index (Phi) is 10.9. The normalized spacial score (nSPS) is 25.1. The van der Waals surface area contributed by atoms with Gasteiger partial charge in [0.05, 0.1) is 53.4 Å². The van der Waals surface area contributed by atoms with E-state index in [1.165, 1.54) is 51.9 Å². The summed E-state index contributed by atoms with van der Waals surface area (Å²) in [6.07, 6.45) is 8.34. The first-order valence-corrected chi connectivity index (χ1v) is 18.5. The van der Waals surface area contributed by atoms with Crippen LogP contribution in [0.1, 0.15) is 73.6 Å². The molecule has 2 aliphatic rings. The molecule has 4 aromatic rings. The molecule has 2 saturated heterocycles. The van der Waals surface area contributed by atoms with Crippen LogP contribution >= 0.6 is 0 Å². The zero-order chi connectivity index (χ0) is 33.5. The summed E-state index contributed by atoms with van der Waals surface area (Å²) in [5, 5.41) is 28.8. The Labute approximate surface area is 289 Å². The highest BCUT2D eigenvalue weighted by Crippen LogP contribution is 2.38. The molecule has 0 aromatic heterocycles. The van der Waals surface area contributed by atoms with Crippen LogP contribution in [-0.2, 0) is 11.2 Å². The van der Waals surface area contributed by atoms with Crippen molar-refractivity contribution >= 4 is 0 Å². The van der Waals surface area contributed by atoms with Crippen LogP contribution in [-0.4, -0.2) is 62.3 Å². The maximum Gasteiger partial charge on any atom is 0.0787 e. The molecule has 4 heteroatoms. The average molecular weight is 645 g/mol. The summed E-state index contributed by atoms with van der Waals surface area (Å²) in [5.74, 6) is 1.64. The predicted molar refractivity (Wildman–Crippen MR) is 193 cm³/mol. The number of piperidine rings is 2. The molecule has 48 heavy (non-hydrogen) atoms. The second-order valence-electron chi connectivity index (χ2n) is 15.6. The topological polar surface area (TPSA) is 46.1 Å². The van der Waals surface area contributed by atoms with Gasteiger partial charge < -0.3 is 19.2 Å². The highest BCUT2D eigenvalue weighted by Gasteiger charge is 2.38. The lowest BCUT2D eigenvalue weighted by molar-refractivity contribution is -0.919. The van der Waals surface area contributed by atoms with Crippen molar-refractivity contribution in [3.63, 3.8) is 0 Å². The Balaban J connectivity index is 0.975. The molecule has 2 fully saturated rings. The highest BCUT2D eigenvalue weighted by atomic mass is 16.3. The molecule has 6 rings (SSSR count). The number of hydrogen-bond acceptors (Lipinski definition) is 2. The summed E-state index contributed by atoms with van der Waals surface area (Å²) >= 11 is 0. The van der Waals surface area contributed by atoms with E-state index < -0.39 is 11.2 Å². The van der Waals surface area contributed by atoms with Gasteiger partial charge in [0.25, 0.3) is 0 Å². The van der Waals surface area contributed by atoms with Crippen molar-refractivity contribution in [1.29, 1.82) is 0 Å². The minimum absolute atomic E-state index is 0.627. The molecule has 2 aliphatic heterocycles. The highest BCUT2D eigenvalue weighted by molar-refractivity contribution is 5.36. The van der Waals surface area contributed by atoms with E-state index in [0.717, 1.165) is 69.0 Å². The molecule has 0 atom stereocenters. The fourth-order valence-electron chi connectivity index (χ4n) is 8.97. The van der Waals surface area contributed by atoms with Gasteiger partial charge in [-0.05, 0) is 63.2 Å². The van der Waals surface area contributed by atoms with E-state index in [4.69, 9.17) is 0 Å². The number of benzene rings is 4. The Bertz CT molecular complexity index is 1330. The van der Waals surface area contributed by atoms with Crippen molar-refractivity contribution in [2.24, 2.45) is 11.8 Å². The zero-order valence-electron chi connectivity index (χ0n) is 29.3. The SMILES string of the molecule is C[N+]1(CCCC([O-])(c2ccccc2)c2ccccc2)CCC(C2CC[N+](C)(CCCC([O-])(c3ccccc3)c3ccccc3)CC2)CC1. The Morgan fingerprint density at radius 3 is 0.958 bits per heavy atom. The lowest BCUT2D eigenvalue weighted by Gasteiger charge is -2.48. The third-order valence-electron chi connectivity index (χ3n) is 12.2. The average Bonchev–Trinajstić information content (AvgIpc) is 3.13. The summed E-state index contributed by atoms with van der Waals surface area (Å²) in [6, 6.07) is 39.9. The van der Waals surface area contributed by atoms with Gasteiger partial charge >= 0.3 is 0 Å². The van der Waals surface area contributed by atoms with Crippen LogP contribution in [0.2, 0.25) is 0 Å². The minimum atomic E-state index is -1.20. The van der Waals surface area contributed by atoms with Gasteiger partial charge in [0.15, 0.2) is 0 Å². The molecule has 0 amide bonds. The van der Waals surface area contributed by atoms with Crippen LogP contribution in [0.4, 0.5) is 0 Å². The van der Waals surface area contributed by atoms with Crippen LogP contribution in [0, 0.1) is 11.8 Å². The van der Waals surface area contributed by atoms with E-state index in [0.29, 0.717) is 12.8 Å².